The average molecular weight is 288 g/mol. The number of aliphatic hydroxyl groups is 1. The van der Waals surface area contributed by atoms with Gasteiger partial charge in [-0.1, -0.05) is 19.1 Å². The quantitative estimate of drug-likeness (QED) is 0.746. The molecule has 2 nitrogen and oxygen atoms in total. The maximum atomic E-state index is 11.9. The fourth-order valence-corrected chi connectivity index (χ4v) is 6.60. The Hall–Kier alpha value is -0.630. The topological polar surface area (TPSA) is 37.3 Å². The Morgan fingerprint density at radius 1 is 1.24 bits per heavy atom. The van der Waals surface area contributed by atoms with Crippen molar-refractivity contribution in [3.8, 4) is 0 Å². The van der Waals surface area contributed by atoms with Gasteiger partial charge >= 0.3 is 0 Å². The van der Waals surface area contributed by atoms with Crippen molar-refractivity contribution in [2.45, 2.75) is 58.3 Å². The molecule has 0 aromatic rings. The van der Waals surface area contributed by atoms with Crippen LogP contribution in [0.3, 0.4) is 0 Å². The fourth-order valence-electron chi connectivity index (χ4n) is 6.60. The van der Waals surface area contributed by atoms with E-state index in [0.717, 1.165) is 37.5 Å². The van der Waals surface area contributed by atoms with Crippen molar-refractivity contribution in [2.75, 3.05) is 6.61 Å². The molecule has 2 heteroatoms. The van der Waals surface area contributed by atoms with E-state index in [1.54, 1.807) is 0 Å². The monoisotopic (exact) mass is 288 g/mol. The Balaban J connectivity index is 1.64. The first-order chi connectivity index (χ1) is 10.1. The van der Waals surface area contributed by atoms with Crippen LogP contribution in [-0.2, 0) is 4.79 Å². The van der Waals surface area contributed by atoms with Crippen molar-refractivity contribution < 1.29 is 9.90 Å². The molecule has 4 rings (SSSR count). The SMILES string of the molecule is C[C@]12CCC(=O)C[C@@H]1CC[C@H]1[C@@H]3CC=C[C@@]3(CO)CC[C@@H]12. The van der Waals surface area contributed by atoms with Gasteiger partial charge in [0.2, 0.25) is 0 Å². The van der Waals surface area contributed by atoms with Crippen LogP contribution in [0.4, 0.5) is 0 Å². The molecule has 0 radical (unpaired) electrons. The average Bonchev–Trinajstić information content (AvgIpc) is 2.92. The molecule has 0 amide bonds. The van der Waals surface area contributed by atoms with Crippen molar-refractivity contribution in [1.82, 2.24) is 0 Å². The van der Waals surface area contributed by atoms with E-state index in [2.05, 4.69) is 19.1 Å². The van der Waals surface area contributed by atoms with E-state index in [4.69, 9.17) is 0 Å². The van der Waals surface area contributed by atoms with Gasteiger partial charge < -0.3 is 5.11 Å². The molecule has 4 aliphatic carbocycles. The minimum Gasteiger partial charge on any atom is -0.395 e. The maximum absolute atomic E-state index is 11.9. The second kappa shape index (κ2) is 4.68. The fraction of sp³-hybridized carbons (Fsp3) is 0.842. The summed E-state index contributed by atoms with van der Waals surface area (Å²) in [6.07, 6.45) is 13.5. The summed E-state index contributed by atoms with van der Waals surface area (Å²) in [6.45, 7) is 2.81. The lowest BCUT2D eigenvalue weighted by atomic mass is 9.45. The van der Waals surface area contributed by atoms with E-state index in [9.17, 15) is 9.90 Å². The molecule has 0 aromatic carbocycles. The second-order valence-electron chi connectivity index (χ2n) is 8.47. The largest absolute Gasteiger partial charge is 0.395 e. The second-order valence-corrected chi connectivity index (χ2v) is 8.47. The zero-order valence-electron chi connectivity index (χ0n) is 13.2. The normalized spacial score (nSPS) is 52.2. The van der Waals surface area contributed by atoms with Gasteiger partial charge in [-0.3, -0.25) is 4.79 Å². The van der Waals surface area contributed by atoms with E-state index < -0.39 is 0 Å². The molecule has 0 saturated heterocycles. The molecule has 21 heavy (non-hydrogen) atoms. The molecule has 3 saturated carbocycles. The molecule has 116 valence electrons. The summed E-state index contributed by atoms with van der Waals surface area (Å²) in [5.74, 6) is 3.36. The highest BCUT2D eigenvalue weighted by Gasteiger charge is 2.57. The third kappa shape index (κ3) is 1.84. The molecular weight excluding hydrogens is 260 g/mol. The number of allylic oxidation sites excluding steroid dienone is 1. The molecule has 0 unspecified atom stereocenters. The van der Waals surface area contributed by atoms with E-state index in [-0.39, 0.29) is 5.41 Å². The van der Waals surface area contributed by atoms with E-state index >= 15 is 0 Å². The number of hydrogen-bond acceptors (Lipinski definition) is 2. The predicted octanol–water partition coefficient (Wildman–Crippen LogP) is 3.74. The van der Waals surface area contributed by atoms with Crippen molar-refractivity contribution in [3.05, 3.63) is 12.2 Å². The van der Waals surface area contributed by atoms with Gasteiger partial charge in [0, 0.05) is 18.3 Å². The predicted molar refractivity (Wildman–Crippen MR) is 82.7 cm³/mol. The summed E-state index contributed by atoms with van der Waals surface area (Å²) in [5.41, 5.74) is 0.482. The first-order valence-electron chi connectivity index (χ1n) is 8.89. The molecule has 0 bridgehead atoms. The van der Waals surface area contributed by atoms with Crippen LogP contribution in [-0.4, -0.2) is 17.5 Å². The van der Waals surface area contributed by atoms with Gasteiger partial charge in [0.25, 0.3) is 0 Å². The molecule has 0 heterocycles. The van der Waals surface area contributed by atoms with Gasteiger partial charge in [-0.05, 0) is 67.6 Å². The van der Waals surface area contributed by atoms with Gasteiger partial charge in [-0.15, -0.1) is 0 Å². The van der Waals surface area contributed by atoms with Gasteiger partial charge in [-0.2, -0.15) is 0 Å². The van der Waals surface area contributed by atoms with Crippen molar-refractivity contribution in [2.24, 2.45) is 34.5 Å². The summed E-state index contributed by atoms with van der Waals surface area (Å²) in [4.78, 5) is 11.9. The summed E-state index contributed by atoms with van der Waals surface area (Å²) in [6, 6.07) is 0. The van der Waals surface area contributed by atoms with Crippen LogP contribution in [0.25, 0.3) is 0 Å². The Bertz CT molecular complexity index is 482. The zero-order valence-corrected chi connectivity index (χ0v) is 13.2. The highest BCUT2D eigenvalue weighted by atomic mass is 16.3. The van der Waals surface area contributed by atoms with Crippen molar-refractivity contribution >= 4 is 5.78 Å². The zero-order chi connectivity index (χ0) is 14.7. The van der Waals surface area contributed by atoms with Crippen LogP contribution >= 0.6 is 0 Å². The molecular formula is C19H28O2. The molecule has 3 fully saturated rings. The highest BCUT2D eigenvalue weighted by molar-refractivity contribution is 5.79. The van der Waals surface area contributed by atoms with Crippen LogP contribution in [0.2, 0.25) is 0 Å². The molecule has 4 aliphatic rings. The first-order valence-corrected chi connectivity index (χ1v) is 8.89. The molecule has 6 atom stereocenters. The smallest absolute Gasteiger partial charge is 0.133 e. The van der Waals surface area contributed by atoms with Crippen LogP contribution in [0, 0.1) is 34.5 Å². The Kier molecular flexibility index (Phi) is 3.12. The van der Waals surface area contributed by atoms with Gasteiger partial charge in [-0.25, -0.2) is 0 Å². The molecule has 0 aliphatic heterocycles. The lowest BCUT2D eigenvalue weighted by molar-refractivity contribution is -0.139. The van der Waals surface area contributed by atoms with E-state index in [1.165, 1.54) is 25.7 Å². The minimum atomic E-state index is 0.0921. The van der Waals surface area contributed by atoms with Gasteiger partial charge in [0.1, 0.15) is 5.78 Å². The Morgan fingerprint density at radius 3 is 2.90 bits per heavy atom. The molecule has 0 aromatic heterocycles. The molecule has 1 N–H and O–H groups in total. The summed E-state index contributed by atoms with van der Waals surface area (Å²) in [5, 5.41) is 9.98. The van der Waals surface area contributed by atoms with Gasteiger partial charge in [0.15, 0.2) is 0 Å². The standard InChI is InChI=1S/C19H28O2/c1-18-9-6-14(21)11-13(18)4-5-15-16(18)7-10-19(12-20)8-2-3-17(15)19/h2,8,13,15-17,20H,3-7,9-12H2,1H3/t13-,15+,16-,17-,18-,19-/m0/s1. The van der Waals surface area contributed by atoms with Gasteiger partial charge in [0.05, 0.1) is 6.61 Å². The first kappa shape index (κ1) is 14.0. The van der Waals surface area contributed by atoms with Crippen LogP contribution in [0.1, 0.15) is 58.3 Å². The van der Waals surface area contributed by atoms with Crippen LogP contribution in [0.5, 0.6) is 0 Å². The number of aliphatic hydroxyl groups excluding tert-OH is 1. The third-order valence-electron chi connectivity index (χ3n) is 7.87. The molecule has 0 spiro atoms. The Labute approximate surface area is 128 Å². The van der Waals surface area contributed by atoms with Crippen LogP contribution < -0.4 is 0 Å². The maximum Gasteiger partial charge on any atom is 0.133 e. The number of Topliss-reactive ketones (excluding diaryl/α,β-unsaturated/α-hetero) is 1. The summed E-state index contributed by atoms with van der Waals surface area (Å²) < 4.78 is 0. The number of ketones is 1. The van der Waals surface area contributed by atoms with Crippen molar-refractivity contribution in [1.29, 1.82) is 0 Å². The third-order valence-corrected chi connectivity index (χ3v) is 7.87. The lowest BCUT2D eigenvalue weighted by Crippen LogP contribution is -2.53. The lowest BCUT2D eigenvalue weighted by Gasteiger charge is -2.59. The number of carbonyl (C=O) groups is 1. The summed E-state index contributed by atoms with van der Waals surface area (Å²) in [7, 11) is 0. The van der Waals surface area contributed by atoms with Crippen molar-refractivity contribution in [3.63, 3.8) is 0 Å². The van der Waals surface area contributed by atoms with E-state index in [0.29, 0.717) is 29.6 Å². The minimum absolute atomic E-state index is 0.0921. The summed E-state index contributed by atoms with van der Waals surface area (Å²) >= 11 is 0. The van der Waals surface area contributed by atoms with Crippen LogP contribution in [0.15, 0.2) is 12.2 Å². The number of fused-ring (bicyclic) bond motifs is 5. The number of hydrogen-bond donors (Lipinski definition) is 1. The van der Waals surface area contributed by atoms with E-state index in [1.807, 2.05) is 0 Å². The Morgan fingerprint density at radius 2 is 2.10 bits per heavy atom. The number of carbonyl (C=O) groups excluding carboxylic acids is 1. The highest BCUT2D eigenvalue weighted by Crippen LogP contribution is 2.64. The number of rotatable bonds is 1.